The molecule has 2 saturated carbocycles. The summed E-state index contributed by atoms with van der Waals surface area (Å²) in [6.45, 7) is 0.234. The highest BCUT2D eigenvalue weighted by Gasteiger charge is 2.46. The zero-order chi connectivity index (χ0) is 15.1. The summed E-state index contributed by atoms with van der Waals surface area (Å²) in [7, 11) is 0. The van der Waals surface area contributed by atoms with E-state index in [4.69, 9.17) is 0 Å². The second-order valence-electron chi connectivity index (χ2n) is 6.26. The van der Waals surface area contributed by atoms with Gasteiger partial charge in [-0.25, -0.2) is 13.5 Å². The average molecular weight is 300 g/mol. The van der Waals surface area contributed by atoms with Gasteiger partial charge in [-0.2, -0.15) is 0 Å². The molecule has 0 radical (unpaired) electrons. The number of carbonyl (C=O) groups is 1. The highest BCUT2D eigenvalue weighted by molar-refractivity contribution is 5.75. The highest BCUT2D eigenvalue weighted by atomic mass is 19.3. The third kappa shape index (κ3) is 2.63. The first-order chi connectivity index (χ1) is 9.92. The molecule has 0 amide bonds. The summed E-state index contributed by atoms with van der Waals surface area (Å²) in [6, 6.07) is 0. The summed E-state index contributed by atoms with van der Waals surface area (Å²) >= 11 is 0. The smallest absolute Gasteiger partial charge is 0.311 e. The van der Waals surface area contributed by atoms with E-state index in [0.717, 1.165) is 6.42 Å². The molecule has 1 heterocycles. The third-order valence-corrected chi connectivity index (χ3v) is 4.86. The molecule has 8 heteroatoms. The van der Waals surface area contributed by atoms with Crippen LogP contribution in [0.3, 0.4) is 0 Å². The van der Waals surface area contributed by atoms with Gasteiger partial charge in [0, 0.05) is 18.8 Å². The van der Waals surface area contributed by atoms with Crippen LogP contribution in [0.15, 0.2) is 0 Å². The van der Waals surface area contributed by atoms with Gasteiger partial charge >= 0.3 is 5.97 Å². The lowest BCUT2D eigenvalue weighted by Crippen LogP contribution is -2.42. The number of rotatable bonds is 4. The Hall–Kier alpha value is -1.60. The fourth-order valence-electron chi connectivity index (χ4n) is 3.24. The second-order valence-corrected chi connectivity index (χ2v) is 6.26. The molecular formula is C13H18F2N4O2. The summed E-state index contributed by atoms with van der Waals surface area (Å²) in [5, 5.41) is 20.8. The molecule has 6 nitrogen and oxygen atoms in total. The Morgan fingerprint density at radius 1 is 1.29 bits per heavy atom. The van der Waals surface area contributed by atoms with Gasteiger partial charge in [0.15, 0.2) is 5.82 Å². The second kappa shape index (κ2) is 4.99. The number of aromatic nitrogens is 4. The van der Waals surface area contributed by atoms with Crippen LogP contribution in [0.2, 0.25) is 0 Å². The van der Waals surface area contributed by atoms with Gasteiger partial charge in [0.1, 0.15) is 0 Å². The SMILES string of the molecule is O=C(O)C1(Cn2nnnc2C2CCC(F)(F)CC2)CCC1. The molecule has 116 valence electrons. The first kappa shape index (κ1) is 14.3. The lowest BCUT2D eigenvalue weighted by atomic mass is 9.68. The number of hydrogen-bond donors (Lipinski definition) is 1. The van der Waals surface area contributed by atoms with Crippen LogP contribution >= 0.6 is 0 Å². The first-order valence-corrected chi connectivity index (χ1v) is 7.29. The molecule has 2 aliphatic rings. The van der Waals surface area contributed by atoms with Gasteiger partial charge in [0.25, 0.3) is 0 Å². The van der Waals surface area contributed by atoms with Crippen molar-refractivity contribution in [2.24, 2.45) is 5.41 Å². The van der Waals surface area contributed by atoms with Crippen molar-refractivity contribution in [3.8, 4) is 0 Å². The number of alkyl halides is 2. The molecule has 0 saturated heterocycles. The molecule has 0 unspecified atom stereocenters. The van der Waals surface area contributed by atoms with Gasteiger partial charge < -0.3 is 5.11 Å². The van der Waals surface area contributed by atoms with Gasteiger partial charge in [0.05, 0.1) is 12.0 Å². The molecule has 2 aliphatic carbocycles. The zero-order valence-electron chi connectivity index (χ0n) is 11.6. The third-order valence-electron chi connectivity index (χ3n) is 4.86. The quantitative estimate of drug-likeness (QED) is 0.922. The molecule has 1 N–H and O–H groups in total. The minimum Gasteiger partial charge on any atom is -0.481 e. The summed E-state index contributed by atoms with van der Waals surface area (Å²) in [6.07, 6.45) is 2.48. The maximum Gasteiger partial charge on any atom is 0.311 e. The summed E-state index contributed by atoms with van der Waals surface area (Å²) in [5.41, 5.74) is -0.789. The largest absolute Gasteiger partial charge is 0.481 e. The maximum atomic E-state index is 13.2. The van der Waals surface area contributed by atoms with Gasteiger partial charge in [-0.1, -0.05) is 6.42 Å². The van der Waals surface area contributed by atoms with Crippen LogP contribution in [-0.4, -0.2) is 37.2 Å². The number of tetrazole rings is 1. The van der Waals surface area contributed by atoms with E-state index in [1.54, 1.807) is 0 Å². The van der Waals surface area contributed by atoms with E-state index in [-0.39, 0.29) is 25.3 Å². The Balaban J connectivity index is 1.74. The molecule has 1 aromatic heterocycles. The predicted octanol–water partition coefficient (Wildman–Crippen LogP) is 2.22. The standard InChI is InChI=1S/C13H18F2N4O2/c14-13(15)6-2-9(3-7-13)10-16-17-18-19(10)8-12(11(20)21)4-1-5-12/h9H,1-8H2,(H,20,21). The van der Waals surface area contributed by atoms with E-state index in [2.05, 4.69) is 15.5 Å². The maximum absolute atomic E-state index is 13.2. The van der Waals surface area contributed by atoms with Crippen LogP contribution in [0.5, 0.6) is 0 Å². The van der Waals surface area contributed by atoms with Crippen molar-refractivity contribution in [3.63, 3.8) is 0 Å². The van der Waals surface area contributed by atoms with E-state index >= 15 is 0 Å². The van der Waals surface area contributed by atoms with Crippen LogP contribution in [-0.2, 0) is 11.3 Å². The lowest BCUT2D eigenvalue weighted by molar-refractivity contribution is -0.156. The molecule has 2 fully saturated rings. The van der Waals surface area contributed by atoms with E-state index in [1.807, 2.05) is 0 Å². The average Bonchev–Trinajstić information content (AvgIpc) is 2.81. The van der Waals surface area contributed by atoms with Crippen LogP contribution in [0.25, 0.3) is 0 Å². The summed E-state index contributed by atoms with van der Waals surface area (Å²) in [5.74, 6) is -2.97. The van der Waals surface area contributed by atoms with Crippen molar-refractivity contribution in [2.45, 2.75) is 63.3 Å². The lowest BCUT2D eigenvalue weighted by Gasteiger charge is -2.37. The number of hydrogen-bond acceptors (Lipinski definition) is 4. The zero-order valence-corrected chi connectivity index (χ0v) is 11.6. The molecule has 0 bridgehead atoms. The number of nitrogens with zero attached hydrogens (tertiary/aromatic N) is 4. The van der Waals surface area contributed by atoms with E-state index in [0.29, 0.717) is 31.5 Å². The van der Waals surface area contributed by atoms with Gasteiger partial charge in [-0.05, 0) is 36.1 Å². The number of carboxylic acid groups (broad SMARTS) is 1. The Kier molecular flexibility index (Phi) is 3.41. The van der Waals surface area contributed by atoms with Gasteiger partial charge in [-0.3, -0.25) is 4.79 Å². The van der Waals surface area contributed by atoms with E-state index < -0.39 is 17.3 Å². The van der Waals surface area contributed by atoms with Crippen molar-refractivity contribution in [3.05, 3.63) is 5.82 Å². The summed E-state index contributed by atoms with van der Waals surface area (Å²) in [4.78, 5) is 11.4. The normalized spacial score (nSPS) is 24.5. The first-order valence-electron chi connectivity index (χ1n) is 7.29. The van der Waals surface area contributed by atoms with Crippen molar-refractivity contribution < 1.29 is 18.7 Å². The molecule has 21 heavy (non-hydrogen) atoms. The van der Waals surface area contributed by atoms with Crippen LogP contribution in [0, 0.1) is 5.41 Å². The molecule has 0 aliphatic heterocycles. The number of halogens is 2. The Bertz CT molecular complexity index is 532. The Morgan fingerprint density at radius 2 is 1.95 bits per heavy atom. The molecular weight excluding hydrogens is 282 g/mol. The number of carboxylic acids is 1. The van der Waals surface area contributed by atoms with Crippen LogP contribution < -0.4 is 0 Å². The Labute approximate surface area is 120 Å². The van der Waals surface area contributed by atoms with Gasteiger partial charge in [0.2, 0.25) is 5.92 Å². The topological polar surface area (TPSA) is 80.9 Å². The number of aliphatic carboxylic acids is 1. The molecule has 3 rings (SSSR count). The molecule has 1 aromatic rings. The minimum atomic E-state index is -2.59. The summed E-state index contributed by atoms with van der Waals surface area (Å²) < 4.78 is 28.0. The predicted molar refractivity (Wildman–Crippen MR) is 67.9 cm³/mol. The molecule has 0 spiro atoms. The van der Waals surface area contributed by atoms with Gasteiger partial charge in [-0.15, -0.1) is 5.10 Å². The monoisotopic (exact) mass is 300 g/mol. The highest BCUT2D eigenvalue weighted by Crippen LogP contribution is 2.44. The Morgan fingerprint density at radius 3 is 2.48 bits per heavy atom. The minimum absolute atomic E-state index is 0.106. The van der Waals surface area contributed by atoms with Crippen molar-refractivity contribution in [1.29, 1.82) is 0 Å². The molecule has 0 aromatic carbocycles. The van der Waals surface area contributed by atoms with Crippen LogP contribution in [0.1, 0.15) is 56.7 Å². The van der Waals surface area contributed by atoms with Crippen molar-refractivity contribution in [1.82, 2.24) is 20.2 Å². The fourth-order valence-corrected chi connectivity index (χ4v) is 3.24. The van der Waals surface area contributed by atoms with Crippen LogP contribution in [0.4, 0.5) is 8.78 Å². The molecule has 0 atom stereocenters. The van der Waals surface area contributed by atoms with E-state index in [9.17, 15) is 18.7 Å². The fraction of sp³-hybridized carbons (Fsp3) is 0.846. The van der Waals surface area contributed by atoms with E-state index in [1.165, 1.54) is 4.68 Å². The van der Waals surface area contributed by atoms with Crippen molar-refractivity contribution >= 4 is 5.97 Å². The van der Waals surface area contributed by atoms with Crippen molar-refractivity contribution in [2.75, 3.05) is 0 Å².